The minimum absolute atomic E-state index is 0.00210. The quantitative estimate of drug-likeness (QED) is 0.754. The van der Waals surface area contributed by atoms with E-state index in [0.29, 0.717) is 17.9 Å². The zero-order valence-corrected chi connectivity index (χ0v) is 17.8. The monoisotopic (exact) mass is 440 g/mol. The number of rotatable bonds is 5. The molecular formula is C20H22Cl2N2O3S. The summed E-state index contributed by atoms with van der Waals surface area (Å²) in [6.45, 7) is 2.47. The van der Waals surface area contributed by atoms with Gasteiger partial charge in [0.25, 0.3) is 0 Å². The predicted octanol–water partition coefficient (Wildman–Crippen LogP) is 4.27. The lowest BCUT2D eigenvalue weighted by Crippen LogP contribution is -2.43. The summed E-state index contributed by atoms with van der Waals surface area (Å²) in [7, 11) is -3.75. The first-order chi connectivity index (χ1) is 13.3. The zero-order chi connectivity index (χ0) is 20.3. The van der Waals surface area contributed by atoms with Gasteiger partial charge < -0.3 is 5.32 Å². The van der Waals surface area contributed by atoms with E-state index < -0.39 is 10.0 Å². The van der Waals surface area contributed by atoms with E-state index in [-0.39, 0.29) is 40.9 Å². The largest absolute Gasteiger partial charge is 0.349 e. The molecule has 5 nitrogen and oxygen atoms in total. The topological polar surface area (TPSA) is 66.5 Å². The second-order valence-electron chi connectivity index (χ2n) is 6.89. The van der Waals surface area contributed by atoms with Crippen LogP contribution >= 0.6 is 23.2 Å². The lowest BCUT2D eigenvalue weighted by atomic mass is 9.96. The molecule has 1 heterocycles. The van der Waals surface area contributed by atoms with Crippen molar-refractivity contribution in [2.45, 2.75) is 30.7 Å². The molecule has 1 atom stereocenters. The normalized spacial score (nSPS) is 17.2. The van der Waals surface area contributed by atoms with E-state index in [1.807, 2.05) is 37.3 Å². The highest BCUT2D eigenvalue weighted by atomic mass is 35.5. The van der Waals surface area contributed by atoms with Gasteiger partial charge >= 0.3 is 0 Å². The van der Waals surface area contributed by atoms with Crippen molar-refractivity contribution in [1.82, 2.24) is 9.62 Å². The number of nitrogens with one attached hydrogen (secondary N) is 1. The average Bonchev–Trinajstić information content (AvgIpc) is 2.70. The highest BCUT2D eigenvalue weighted by molar-refractivity contribution is 7.89. The fourth-order valence-corrected chi connectivity index (χ4v) is 5.54. The summed E-state index contributed by atoms with van der Waals surface area (Å²) >= 11 is 12.0. The summed E-state index contributed by atoms with van der Waals surface area (Å²) in [5.74, 6) is -0.262. The van der Waals surface area contributed by atoms with Gasteiger partial charge in [-0.25, -0.2) is 8.42 Å². The van der Waals surface area contributed by atoms with Crippen LogP contribution in [0, 0.1) is 5.92 Å². The third-order valence-corrected chi connectivity index (χ3v) is 7.61. The Kier molecular flexibility index (Phi) is 6.65. The van der Waals surface area contributed by atoms with E-state index in [0.717, 1.165) is 5.56 Å². The number of hydrogen-bond acceptors (Lipinski definition) is 3. The predicted molar refractivity (Wildman–Crippen MR) is 111 cm³/mol. The van der Waals surface area contributed by atoms with Gasteiger partial charge in [0.1, 0.15) is 4.90 Å². The van der Waals surface area contributed by atoms with E-state index in [4.69, 9.17) is 23.2 Å². The van der Waals surface area contributed by atoms with Crippen LogP contribution in [0.5, 0.6) is 0 Å². The first-order valence-corrected chi connectivity index (χ1v) is 11.3. The van der Waals surface area contributed by atoms with E-state index in [2.05, 4.69) is 5.32 Å². The van der Waals surface area contributed by atoms with Crippen molar-refractivity contribution in [3.05, 3.63) is 64.1 Å². The molecule has 8 heteroatoms. The van der Waals surface area contributed by atoms with Gasteiger partial charge in [0.15, 0.2) is 0 Å². The second-order valence-corrected chi connectivity index (χ2v) is 9.64. The standard InChI is InChI=1S/C20H22Cl2N2O3S/c1-14(15-5-3-2-4-6-15)23-20(25)16-9-11-24(12-10-16)28(26,27)19-13-17(21)7-8-18(19)22/h2-8,13-14,16H,9-12H2,1H3,(H,23,25). The van der Waals surface area contributed by atoms with Crippen LogP contribution in [0.25, 0.3) is 0 Å². The molecular weight excluding hydrogens is 419 g/mol. The summed E-state index contributed by atoms with van der Waals surface area (Å²) in [6, 6.07) is 14.0. The molecule has 150 valence electrons. The maximum absolute atomic E-state index is 12.9. The first kappa shape index (κ1) is 21.1. The molecule has 0 saturated carbocycles. The SMILES string of the molecule is CC(NC(=O)C1CCN(S(=O)(=O)c2cc(Cl)ccc2Cl)CC1)c1ccccc1. The molecule has 1 aliphatic rings. The van der Waals surface area contributed by atoms with Gasteiger partial charge in [-0.05, 0) is 43.5 Å². The van der Waals surface area contributed by atoms with Crippen molar-refractivity contribution in [3.8, 4) is 0 Å². The molecule has 0 spiro atoms. The van der Waals surface area contributed by atoms with E-state index in [1.165, 1.54) is 16.4 Å². The molecule has 2 aromatic rings. The Morgan fingerprint density at radius 3 is 2.39 bits per heavy atom. The van der Waals surface area contributed by atoms with Crippen LogP contribution in [-0.2, 0) is 14.8 Å². The van der Waals surface area contributed by atoms with Crippen molar-refractivity contribution in [2.24, 2.45) is 5.92 Å². The van der Waals surface area contributed by atoms with Crippen molar-refractivity contribution in [1.29, 1.82) is 0 Å². The van der Waals surface area contributed by atoms with Gasteiger partial charge in [-0.2, -0.15) is 4.31 Å². The molecule has 2 aromatic carbocycles. The van der Waals surface area contributed by atoms with Gasteiger partial charge in [0.2, 0.25) is 15.9 Å². The number of halogens is 2. The molecule has 1 aliphatic heterocycles. The number of hydrogen-bond donors (Lipinski definition) is 1. The molecule has 1 amide bonds. The fourth-order valence-electron chi connectivity index (χ4n) is 3.33. The molecule has 28 heavy (non-hydrogen) atoms. The Balaban J connectivity index is 1.62. The number of carbonyl (C=O) groups excluding carboxylic acids is 1. The van der Waals surface area contributed by atoms with Crippen LogP contribution in [0.4, 0.5) is 0 Å². The van der Waals surface area contributed by atoms with Crippen molar-refractivity contribution in [3.63, 3.8) is 0 Å². The molecule has 0 aromatic heterocycles. The third-order valence-electron chi connectivity index (χ3n) is 4.99. The molecule has 1 saturated heterocycles. The van der Waals surface area contributed by atoms with Crippen LogP contribution in [-0.4, -0.2) is 31.7 Å². The molecule has 0 radical (unpaired) electrons. The molecule has 3 rings (SSSR count). The van der Waals surface area contributed by atoms with Crippen LogP contribution < -0.4 is 5.32 Å². The van der Waals surface area contributed by atoms with Crippen molar-refractivity contribution >= 4 is 39.1 Å². The lowest BCUT2D eigenvalue weighted by molar-refractivity contribution is -0.126. The highest BCUT2D eigenvalue weighted by Gasteiger charge is 2.33. The van der Waals surface area contributed by atoms with E-state index in [1.54, 1.807) is 6.07 Å². The molecule has 1 unspecified atom stereocenters. The number of amides is 1. The maximum Gasteiger partial charge on any atom is 0.244 e. The molecule has 0 aliphatic carbocycles. The van der Waals surface area contributed by atoms with Gasteiger partial charge in [-0.1, -0.05) is 53.5 Å². The number of nitrogens with zero attached hydrogens (tertiary/aromatic N) is 1. The van der Waals surface area contributed by atoms with Gasteiger partial charge in [0, 0.05) is 24.0 Å². The smallest absolute Gasteiger partial charge is 0.244 e. The Morgan fingerprint density at radius 1 is 1.11 bits per heavy atom. The van der Waals surface area contributed by atoms with Gasteiger partial charge in [-0.3, -0.25) is 4.79 Å². The van der Waals surface area contributed by atoms with E-state index in [9.17, 15) is 13.2 Å². The minimum Gasteiger partial charge on any atom is -0.349 e. The fraction of sp³-hybridized carbons (Fsp3) is 0.350. The summed E-state index contributed by atoms with van der Waals surface area (Å²) in [5, 5.41) is 3.47. The average molecular weight is 441 g/mol. The Labute approximate surface area is 175 Å². The van der Waals surface area contributed by atoms with Gasteiger partial charge in [0.05, 0.1) is 11.1 Å². The summed E-state index contributed by atoms with van der Waals surface area (Å²) in [4.78, 5) is 12.6. The van der Waals surface area contributed by atoms with Crippen LogP contribution in [0.3, 0.4) is 0 Å². The molecule has 0 bridgehead atoms. The van der Waals surface area contributed by atoms with Crippen LogP contribution in [0.2, 0.25) is 10.0 Å². The van der Waals surface area contributed by atoms with Crippen LogP contribution in [0.15, 0.2) is 53.4 Å². The van der Waals surface area contributed by atoms with Crippen LogP contribution in [0.1, 0.15) is 31.4 Å². The first-order valence-electron chi connectivity index (χ1n) is 9.09. The summed E-state index contributed by atoms with van der Waals surface area (Å²) in [6.07, 6.45) is 0.926. The van der Waals surface area contributed by atoms with Crippen molar-refractivity contribution < 1.29 is 13.2 Å². The Hall–Kier alpha value is -1.60. The second kappa shape index (κ2) is 8.82. The van der Waals surface area contributed by atoms with Crippen molar-refractivity contribution in [2.75, 3.05) is 13.1 Å². The summed E-state index contributed by atoms with van der Waals surface area (Å²) in [5.41, 5.74) is 1.03. The lowest BCUT2D eigenvalue weighted by Gasteiger charge is -2.31. The Bertz CT molecular complexity index is 943. The highest BCUT2D eigenvalue weighted by Crippen LogP contribution is 2.30. The van der Waals surface area contributed by atoms with Gasteiger partial charge in [-0.15, -0.1) is 0 Å². The minimum atomic E-state index is -3.75. The molecule has 1 fully saturated rings. The molecule has 1 N–H and O–H groups in total. The summed E-state index contributed by atoms with van der Waals surface area (Å²) < 4.78 is 27.1. The number of piperidine rings is 1. The number of carbonyl (C=O) groups is 1. The Morgan fingerprint density at radius 2 is 1.75 bits per heavy atom. The maximum atomic E-state index is 12.9. The third kappa shape index (κ3) is 4.69. The number of benzene rings is 2. The number of sulfonamides is 1. The zero-order valence-electron chi connectivity index (χ0n) is 15.4. The van der Waals surface area contributed by atoms with E-state index >= 15 is 0 Å².